The van der Waals surface area contributed by atoms with Crippen LogP contribution in [0.1, 0.15) is 33.1 Å². The van der Waals surface area contributed by atoms with E-state index in [1.54, 1.807) is 0 Å². The van der Waals surface area contributed by atoms with Crippen LogP contribution in [0, 0.1) is 11.8 Å². The van der Waals surface area contributed by atoms with Crippen LogP contribution in [0.2, 0.25) is 0 Å². The highest BCUT2D eigenvalue weighted by molar-refractivity contribution is 9.09. The Kier molecular flexibility index (Phi) is 7.72. The molecule has 0 bridgehead atoms. The van der Waals surface area contributed by atoms with Gasteiger partial charge in [-0.05, 0) is 26.7 Å². The molecule has 0 amide bonds. The first-order chi connectivity index (χ1) is 5.31. The number of alkyl halides is 1. The molecule has 0 aromatic carbocycles. The molecule has 0 spiro atoms. The summed E-state index contributed by atoms with van der Waals surface area (Å²) in [6.07, 6.45) is 5.52. The van der Waals surface area contributed by atoms with E-state index < -0.39 is 0 Å². The first-order valence-electron chi connectivity index (χ1n) is 3.92. The lowest BCUT2D eigenvalue weighted by Crippen LogP contribution is -1.77. The third-order valence-corrected chi connectivity index (χ3v) is 1.88. The highest BCUT2D eigenvalue weighted by atomic mass is 79.9. The zero-order valence-electron chi connectivity index (χ0n) is 7.28. The molecular weight excluding hydrogens is 200 g/mol. The second kappa shape index (κ2) is 7.88. The first-order valence-corrected chi connectivity index (χ1v) is 5.04. The van der Waals surface area contributed by atoms with Crippen molar-refractivity contribution in [3.8, 4) is 11.8 Å². The number of allylic oxidation sites excluding steroid dienone is 2. The number of rotatable bonds is 4. The summed E-state index contributed by atoms with van der Waals surface area (Å²) in [5.41, 5.74) is 1.45. The molecule has 11 heavy (non-hydrogen) atoms. The van der Waals surface area contributed by atoms with Crippen LogP contribution in [0.15, 0.2) is 11.6 Å². The fourth-order valence-corrected chi connectivity index (χ4v) is 1.02. The number of hydrogen-bond acceptors (Lipinski definition) is 0. The quantitative estimate of drug-likeness (QED) is 0.382. The second-order valence-corrected chi connectivity index (χ2v) is 3.25. The zero-order chi connectivity index (χ0) is 8.53. The van der Waals surface area contributed by atoms with E-state index >= 15 is 0 Å². The molecule has 0 N–H and O–H groups in total. The standard InChI is InChI=1S/C10H15Br/c1-3-4-5-7-10(2)8-6-9-11/h8H,5-7,9H2,1-2H3. The summed E-state index contributed by atoms with van der Waals surface area (Å²) in [4.78, 5) is 0. The topological polar surface area (TPSA) is 0 Å². The Labute approximate surface area is 78.2 Å². The van der Waals surface area contributed by atoms with Gasteiger partial charge in [-0.2, -0.15) is 0 Å². The molecule has 0 nitrogen and oxygen atoms in total. The van der Waals surface area contributed by atoms with Crippen LogP contribution in [0.4, 0.5) is 0 Å². The maximum atomic E-state index is 3.39. The lowest BCUT2D eigenvalue weighted by atomic mass is 10.1. The molecule has 0 atom stereocenters. The summed E-state index contributed by atoms with van der Waals surface area (Å²) < 4.78 is 0. The lowest BCUT2D eigenvalue weighted by Gasteiger charge is -1.94. The van der Waals surface area contributed by atoms with Crippen molar-refractivity contribution in [2.24, 2.45) is 0 Å². The molecule has 0 rings (SSSR count). The molecule has 0 saturated heterocycles. The minimum absolute atomic E-state index is 1.00. The predicted molar refractivity (Wildman–Crippen MR) is 54.9 cm³/mol. The van der Waals surface area contributed by atoms with Crippen LogP contribution in [-0.2, 0) is 0 Å². The largest absolute Gasteiger partial charge is 0.107 e. The first kappa shape index (κ1) is 10.8. The summed E-state index contributed by atoms with van der Waals surface area (Å²) >= 11 is 3.39. The smallest absolute Gasteiger partial charge is 0.0126 e. The Balaban J connectivity index is 3.47. The van der Waals surface area contributed by atoms with Crippen LogP contribution in [0.3, 0.4) is 0 Å². The van der Waals surface area contributed by atoms with Crippen LogP contribution in [0.5, 0.6) is 0 Å². The van der Waals surface area contributed by atoms with Gasteiger partial charge >= 0.3 is 0 Å². The number of halogens is 1. The third kappa shape index (κ3) is 7.68. The van der Waals surface area contributed by atoms with Crippen molar-refractivity contribution in [3.63, 3.8) is 0 Å². The average molecular weight is 215 g/mol. The van der Waals surface area contributed by atoms with Crippen molar-refractivity contribution < 1.29 is 0 Å². The Hall–Kier alpha value is -0.220. The molecule has 0 saturated carbocycles. The zero-order valence-corrected chi connectivity index (χ0v) is 8.87. The summed E-state index contributed by atoms with van der Waals surface area (Å²) in [5, 5.41) is 1.06. The summed E-state index contributed by atoms with van der Waals surface area (Å²) in [7, 11) is 0. The molecule has 0 aliphatic carbocycles. The van der Waals surface area contributed by atoms with Crippen molar-refractivity contribution >= 4 is 15.9 Å². The minimum Gasteiger partial charge on any atom is -0.107 e. The van der Waals surface area contributed by atoms with E-state index in [0.29, 0.717) is 0 Å². The molecule has 0 aliphatic rings. The maximum absolute atomic E-state index is 3.39. The molecule has 1 heteroatoms. The van der Waals surface area contributed by atoms with Crippen molar-refractivity contribution in [3.05, 3.63) is 11.6 Å². The molecule has 0 aromatic heterocycles. The molecule has 0 fully saturated rings. The van der Waals surface area contributed by atoms with Crippen LogP contribution in [0.25, 0.3) is 0 Å². The van der Waals surface area contributed by atoms with Gasteiger partial charge < -0.3 is 0 Å². The van der Waals surface area contributed by atoms with Gasteiger partial charge in [0.1, 0.15) is 0 Å². The van der Waals surface area contributed by atoms with Crippen molar-refractivity contribution in [2.75, 3.05) is 5.33 Å². The Bertz CT molecular complexity index is 169. The SMILES string of the molecule is CC#CCCC(C)=CCCBr. The van der Waals surface area contributed by atoms with Gasteiger partial charge in [-0.1, -0.05) is 27.6 Å². The predicted octanol–water partition coefficient (Wildman–Crippen LogP) is 3.52. The van der Waals surface area contributed by atoms with Crippen molar-refractivity contribution in [2.45, 2.75) is 33.1 Å². The van der Waals surface area contributed by atoms with E-state index in [2.05, 4.69) is 40.8 Å². The average Bonchev–Trinajstić information content (AvgIpc) is 2.01. The normalized spacial score (nSPS) is 10.6. The fourth-order valence-electron chi connectivity index (χ4n) is 0.788. The van der Waals surface area contributed by atoms with Crippen molar-refractivity contribution in [1.29, 1.82) is 0 Å². The van der Waals surface area contributed by atoms with Crippen LogP contribution >= 0.6 is 15.9 Å². The van der Waals surface area contributed by atoms with Gasteiger partial charge in [0.05, 0.1) is 0 Å². The highest BCUT2D eigenvalue weighted by Gasteiger charge is 1.86. The molecule has 0 aromatic rings. The van der Waals surface area contributed by atoms with Gasteiger partial charge in [-0.25, -0.2) is 0 Å². The molecule has 0 aliphatic heterocycles. The van der Waals surface area contributed by atoms with Gasteiger partial charge in [0.2, 0.25) is 0 Å². The van der Waals surface area contributed by atoms with Gasteiger partial charge in [-0.3, -0.25) is 0 Å². The summed E-state index contributed by atoms with van der Waals surface area (Å²) in [5.74, 6) is 5.95. The maximum Gasteiger partial charge on any atom is 0.0126 e. The molecular formula is C10H15Br. The summed E-state index contributed by atoms with van der Waals surface area (Å²) in [6, 6.07) is 0. The van der Waals surface area contributed by atoms with E-state index in [4.69, 9.17) is 0 Å². The highest BCUT2D eigenvalue weighted by Crippen LogP contribution is 2.04. The Morgan fingerprint density at radius 2 is 2.27 bits per heavy atom. The van der Waals surface area contributed by atoms with E-state index in [1.165, 1.54) is 5.57 Å². The van der Waals surface area contributed by atoms with Gasteiger partial charge in [-0.15, -0.1) is 11.8 Å². The third-order valence-electron chi connectivity index (χ3n) is 1.42. The molecule has 0 radical (unpaired) electrons. The summed E-state index contributed by atoms with van der Waals surface area (Å²) in [6.45, 7) is 4.05. The van der Waals surface area contributed by atoms with Gasteiger partial charge in [0.15, 0.2) is 0 Å². The van der Waals surface area contributed by atoms with Crippen LogP contribution < -0.4 is 0 Å². The van der Waals surface area contributed by atoms with Gasteiger partial charge in [0, 0.05) is 11.8 Å². The van der Waals surface area contributed by atoms with E-state index in [1.807, 2.05) is 6.92 Å². The lowest BCUT2D eigenvalue weighted by molar-refractivity contribution is 0.984. The monoisotopic (exact) mass is 214 g/mol. The van der Waals surface area contributed by atoms with Crippen LogP contribution in [-0.4, -0.2) is 5.33 Å². The Morgan fingerprint density at radius 1 is 1.55 bits per heavy atom. The second-order valence-electron chi connectivity index (χ2n) is 2.45. The molecule has 0 heterocycles. The molecule has 0 unspecified atom stereocenters. The fraction of sp³-hybridized carbons (Fsp3) is 0.600. The minimum atomic E-state index is 1.00. The van der Waals surface area contributed by atoms with Gasteiger partial charge in [0.25, 0.3) is 0 Å². The van der Waals surface area contributed by atoms with E-state index in [9.17, 15) is 0 Å². The van der Waals surface area contributed by atoms with E-state index in [0.717, 1.165) is 24.6 Å². The van der Waals surface area contributed by atoms with Crippen molar-refractivity contribution in [1.82, 2.24) is 0 Å². The number of hydrogen-bond donors (Lipinski definition) is 0. The van der Waals surface area contributed by atoms with E-state index in [-0.39, 0.29) is 0 Å². The molecule has 62 valence electrons. The Morgan fingerprint density at radius 3 is 2.82 bits per heavy atom.